The number of rotatable bonds is 3. The molecule has 0 saturated heterocycles. The van der Waals surface area contributed by atoms with Crippen molar-refractivity contribution in [2.24, 2.45) is 5.73 Å². The number of nitrogens with two attached hydrogens (primary N) is 1. The third-order valence-corrected chi connectivity index (χ3v) is 0.638. The molecule has 0 aromatic carbocycles. The zero-order valence-electron chi connectivity index (χ0n) is 5.62. The molecule has 0 bridgehead atoms. The van der Waals surface area contributed by atoms with E-state index in [2.05, 4.69) is 15.2 Å². The number of carbonyl (C=O) groups excluding carboxylic acids is 2. The molecule has 0 heterocycles. The number of hydrogen-bond acceptors (Lipinski definition) is 4. The molecule has 0 radical (unpaired) electrons. The van der Waals surface area contributed by atoms with E-state index in [-0.39, 0.29) is 6.61 Å². The van der Waals surface area contributed by atoms with E-state index in [4.69, 9.17) is 0 Å². The van der Waals surface area contributed by atoms with Crippen LogP contribution in [0.1, 0.15) is 6.92 Å². The minimum absolute atomic E-state index is 0.265. The quantitative estimate of drug-likeness (QED) is 0.553. The second-order valence-electron chi connectivity index (χ2n) is 1.41. The molecule has 10 heavy (non-hydrogen) atoms. The van der Waals surface area contributed by atoms with Gasteiger partial charge in [0.2, 0.25) is 0 Å². The maximum Gasteiger partial charge on any atom is 0.405 e. The summed E-state index contributed by atoms with van der Waals surface area (Å²) in [7, 11) is 0. The minimum Gasteiger partial charge on any atom is -0.463 e. The van der Waals surface area contributed by atoms with E-state index in [1.165, 1.54) is 0 Å². The Morgan fingerprint density at radius 2 is 2.00 bits per heavy atom. The zero-order valence-corrected chi connectivity index (χ0v) is 5.62. The Morgan fingerprint density at radius 1 is 1.40 bits per heavy atom. The van der Waals surface area contributed by atoms with Crippen molar-refractivity contribution in [1.82, 2.24) is 0 Å². The van der Waals surface area contributed by atoms with Gasteiger partial charge < -0.3 is 15.2 Å². The number of carbonyl (C=O) groups is 2. The van der Waals surface area contributed by atoms with Crippen LogP contribution in [0, 0.1) is 0 Å². The van der Waals surface area contributed by atoms with Crippen LogP contribution in [0.2, 0.25) is 0 Å². The molecule has 0 atom stereocenters. The van der Waals surface area contributed by atoms with E-state index in [1.807, 2.05) is 0 Å². The second-order valence-corrected chi connectivity index (χ2v) is 1.41. The van der Waals surface area contributed by atoms with Crippen LogP contribution in [0.25, 0.3) is 0 Å². The molecule has 0 spiro atoms. The predicted molar refractivity (Wildman–Crippen MR) is 32.2 cm³/mol. The molecule has 0 aliphatic rings. The van der Waals surface area contributed by atoms with Crippen molar-refractivity contribution in [3.8, 4) is 0 Å². The summed E-state index contributed by atoms with van der Waals surface area (Å²) < 4.78 is 8.54. The summed E-state index contributed by atoms with van der Waals surface area (Å²) in [5, 5.41) is 0. The number of ether oxygens (including phenoxy) is 2. The van der Waals surface area contributed by atoms with Crippen molar-refractivity contribution in [3.05, 3.63) is 0 Å². The summed E-state index contributed by atoms with van der Waals surface area (Å²) in [6, 6.07) is 0. The van der Waals surface area contributed by atoms with E-state index in [9.17, 15) is 9.59 Å². The number of amides is 1. The first-order valence-electron chi connectivity index (χ1n) is 2.74. The molecule has 0 aliphatic carbocycles. The minimum atomic E-state index is -0.979. The highest BCUT2D eigenvalue weighted by atomic mass is 16.6. The molecule has 0 rings (SSSR count). The van der Waals surface area contributed by atoms with Gasteiger partial charge in [0.05, 0.1) is 6.61 Å². The van der Waals surface area contributed by atoms with E-state index >= 15 is 0 Å². The lowest BCUT2D eigenvalue weighted by Gasteiger charge is -1.99. The average molecular weight is 147 g/mol. The van der Waals surface area contributed by atoms with Crippen LogP contribution in [0.3, 0.4) is 0 Å². The molecule has 0 unspecified atom stereocenters. The fourth-order valence-corrected chi connectivity index (χ4v) is 0.333. The van der Waals surface area contributed by atoms with Crippen molar-refractivity contribution in [3.63, 3.8) is 0 Å². The molecule has 5 nitrogen and oxygen atoms in total. The SMILES string of the molecule is CCOC(=O)COC(N)=O. The predicted octanol–water partition coefficient (Wildman–Crippen LogP) is -0.355. The smallest absolute Gasteiger partial charge is 0.405 e. The van der Waals surface area contributed by atoms with Gasteiger partial charge in [0.1, 0.15) is 0 Å². The summed E-state index contributed by atoms with van der Waals surface area (Å²) in [6.45, 7) is 1.51. The number of esters is 1. The first-order chi connectivity index (χ1) is 4.66. The van der Waals surface area contributed by atoms with Crippen LogP contribution in [0.4, 0.5) is 4.79 Å². The number of primary amides is 1. The fourth-order valence-electron chi connectivity index (χ4n) is 0.333. The Balaban J connectivity index is 3.30. The lowest BCUT2D eigenvalue weighted by molar-refractivity contribution is -0.146. The highest BCUT2D eigenvalue weighted by molar-refractivity contribution is 5.74. The molecule has 2 N–H and O–H groups in total. The Hall–Kier alpha value is -1.26. The van der Waals surface area contributed by atoms with Crippen LogP contribution in [0.5, 0.6) is 0 Å². The maximum atomic E-state index is 10.4. The molecular weight excluding hydrogens is 138 g/mol. The van der Waals surface area contributed by atoms with E-state index < -0.39 is 18.7 Å². The van der Waals surface area contributed by atoms with Gasteiger partial charge in [0, 0.05) is 0 Å². The van der Waals surface area contributed by atoms with Gasteiger partial charge in [-0.15, -0.1) is 0 Å². The first kappa shape index (κ1) is 8.74. The molecule has 0 saturated carbocycles. The summed E-state index contributed by atoms with van der Waals surface area (Å²) in [5.74, 6) is -0.596. The molecular formula is C5H9NO4. The lowest BCUT2D eigenvalue weighted by Crippen LogP contribution is -2.20. The molecule has 5 heteroatoms. The summed E-state index contributed by atoms with van der Waals surface area (Å²) in [6.07, 6.45) is -0.979. The van der Waals surface area contributed by atoms with Crippen LogP contribution >= 0.6 is 0 Å². The zero-order chi connectivity index (χ0) is 7.98. The summed E-state index contributed by atoms with van der Waals surface area (Å²) >= 11 is 0. The van der Waals surface area contributed by atoms with Crippen molar-refractivity contribution < 1.29 is 19.1 Å². The van der Waals surface area contributed by atoms with Gasteiger partial charge in [-0.25, -0.2) is 9.59 Å². The molecule has 0 fully saturated rings. The highest BCUT2D eigenvalue weighted by Gasteiger charge is 2.02. The van der Waals surface area contributed by atoms with E-state index in [1.54, 1.807) is 6.92 Å². The normalized spacial score (nSPS) is 8.50. The lowest BCUT2D eigenvalue weighted by atomic mass is 10.7. The van der Waals surface area contributed by atoms with Crippen LogP contribution in [-0.4, -0.2) is 25.3 Å². The van der Waals surface area contributed by atoms with Gasteiger partial charge in [0.15, 0.2) is 6.61 Å². The molecule has 0 aliphatic heterocycles. The average Bonchev–Trinajstić information content (AvgIpc) is 1.85. The highest BCUT2D eigenvalue weighted by Crippen LogP contribution is 1.79. The van der Waals surface area contributed by atoms with Crippen molar-refractivity contribution >= 4 is 12.1 Å². The topological polar surface area (TPSA) is 78.6 Å². The van der Waals surface area contributed by atoms with Gasteiger partial charge in [0.25, 0.3) is 0 Å². The monoisotopic (exact) mass is 147 g/mol. The Labute approximate surface area is 58.1 Å². The molecule has 1 amide bonds. The van der Waals surface area contributed by atoms with Crippen LogP contribution < -0.4 is 5.73 Å². The van der Waals surface area contributed by atoms with Gasteiger partial charge in [-0.05, 0) is 6.92 Å². The van der Waals surface area contributed by atoms with Crippen molar-refractivity contribution in [1.29, 1.82) is 0 Å². The van der Waals surface area contributed by atoms with Crippen LogP contribution in [0.15, 0.2) is 0 Å². The maximum absolute atomic E-state index is 10.4. The van der Waals surface area contributed by atoms with Gasteiger partial charge in [-0.2, -0.15) is 0 Å². The molecule has 0 aromatic rings. The van der Waals surface area contributed by atoms with Crippen molar-refractivity contribution in [2.45, 2.75) is 6.92 Å². The Kier molecular flexibility index (Phi) is 4.02. The molecule has 58 valence electrons. The Bertz CT molecular complexity index is 134. The summed E-state index contributed by atoms with van der Waals surface area (Å²) in [5.41, 5.74) is 4.57. The Morgan fingerprint density at radius 3 is 2.40 bits per heavy atom. The van der Waals surface area contributed by atoms with Gasteiger partial charge in [-0.1, -0.05) is 0 Å². The van der Waals surface area contributed by atoms with Crippen molar-refractivity contribution in [2.75, 3.05) is 13.2 Å². The van der Waals surface area contributed by atoms with Crippen LogP contribution in [-0.2, 0) is 14.3 Å². The first-order valence-corrected chi connectivity index (χ1v) is 2.74. The number of hydrogen-bond donors (Lipinski definition) is 1. The molecule has 0 aromatic heterocycles. The van der Waals surface area contributed by atoms with E-state index in [0.29, 0.717) is 0 Å². The fraction of sp³-hybridized carbons (Fsp3) is 0.600. The largest absolute Gasteiger partial charge is 0.463 e. The third kappa shape index (κ3) is 4.89. The van der Waals surface area contributed by atoms with Gasteiger partial charge in [-0.3, -0.25) is 0 Å². The third-order valence-electron chi connectivity index (χ3n) is 0.638. The second kappa shape index (κ2) is 4.60. The van der Waals surface area contributed by atoms with E-state index in [0.717, 1.165) is 0 Å². The van der Waals surface area contributed by atoms with Gasteiger partial charge >= 0.3 is 12.1 Å². The summed E-state index contributed by atoms with van der Waals surface area (Å²) in [4.78, 5) is 20.3. The standard InChI is InChI=1S/C5H9NO4/c1-2-9-4(7)3-10-5(6)8/h2-3H2,1H3,(H2,6,8).